The molecule has 1 aromatic rings. The van der Waals surface area contributed by atoms with Gasteiger partial charge in [0.25, 0.3) is 0 Å². The maximum absolute atomic E-state index is 6.20. The van der Waals surface area contributed by atoms with Crippen molar-refractivity contribution in [3.05, 3.63) is 28.8 Å². The standard InChI is InChI=1S/C15H22N2/c1-17-6-5-12-8-13(7-11-3-2-4-11)15(16)9-14(12)10-17/h8-9,11H,2-7,10,16H2,1H3. The molecule has 1 heterocycles. The first-order valence-electron chi connectivity index (χ1n) is 6.81. The number of nitrogens with two attached hydrogens (primary N) is 1. The van der Waals surface area contributed by atoms with Gasteiger partial charge < -0.3 is 10.6 Å². The van der Waals surface area contributed by atoms with Gasteiger partial charge in [0.05, 0.1) is 0 Å². The maximum Gasteiger partial charge on any atom is 0.0350 e. The molecule has 0 spiro atoms. The molecule has 0 aromatic heterocycles. The summed E-state index contributed by atoms with van der Waals surface area (Å²) in [7, 11) is 2.18. The first-order chi connectivity index (χ1) is 8.22. The Hall–Kier alpha value is -1.02. The van der Waals surface area contributed by atoms with Gasteiger partial charge in [0, 0.05) is 18.8 Å². The van der Waals surface area contributed by atoms with Gasteiger partial charge in [0.2, 0.25) is 0 Å². The van der Waals surface area contributed by atoms with E-state index in [0.29, 0.717) is 0 Å². The van der Waals surface area contributed by atoms with Crippen molar-refractivity contribution in [3.63, 3.8) is 0 Å². The predicted molar refractivity (Wildman–Crippen MR) is 71.9 cm³/mol. The molecule has 1 aliphatic carbocycles. The second kappa shape index (κ2) is 4.34. The lowest BCUT2D eigenvalue weighted by Gasteiger charge is -2.29. The largest absolute Gasteiger partial charge is 0.398 e. The summed E-state index contributed by atoms with van der Waals surface area (Å²) >= 11 is 0. The van der Waals surface area contributed by atoms with Crippen molar-refractivity contribution in [2.75, 3.05) is 19.3 Å². The fourth-order valence-electron chi connectivity index (χ4n) is 3.01. The zero-order valence-corrected chi connectivity index (χ0v) is 10.7. The van der Waals surface area contributed by atoms with Gasteiger partial charge in [-0.15, -0.1) is 0 Å². The summed E-state index contributed by atoms with van der Waals surface area (Å²) in [5.41, 5.74) is 11.6. The van der Waals surface area contributed by atoms with Gasteiger partial charge in [-0.2, -0.15) is 0 Å². The molecule has 1 saturated carbocycles. The summed E-state index contributed by atoms with van der Waals surface area (Å²) in [5.74, 6) is 0.904. The minimum atomic E-state index is 0.904. The number of likely N-dealkylation sites (N-methyl/N-ethyl adjacent to an activating group) is 1. The van der Waals surface area contributed by atoms with Crippen molar-refractivity contribution >= 4 is 5.69 Å². The third kappa shape index (κ3) is 2.19. The topological polar surface area (TPSA) is 29.3 Å². The van der Waals surface area contributed by atoms with Crippen LogP contribution < -0.4 is 5.73 Å². The molecule has 3 rings (SSSR count). The SMILES string of the molecule is CN1CCc2cc(CC3CCC3)c(N)cc2C1. The molecule has 2 heteroatoms. The highest BCUT2D eigenvalue weighted by Gasteiger charge is 2.21. The van der Waals surface area contributed by atoms with E-state index in [2.05, 4.69) is 24.1 Å². The van der Waals surface area contributed by atoms with E-state index >= 15 is 0 Å². The molecule has 2 aliphatic rings. The highest BCUT2D eigenvalue weighted by Crippen LogP contribution is 2.33. The summed E-state index contributed by atoms with van der Waals surface area (Å²) in [6, 6.07) is 4.61. The summed E-state index contributed by atoms with van der Waals surface area (Å²) in [5, 5.41) is 0. The number of fused-ring (bicyclic) bond motifs is 1. The lowest BCUT2D eigenvalue weighted by Crippen LogP contribution is -2.27. The van der Waals surface area contributed by atoms with E-state index in [-0.39, 0.29) is 0 Å². The third-order valence-electron chi connectivity index (χ3n) is 4.40. The zero-order chi connectivity index (χ0) is 11.8. The lowest BCUT2D eigenvalue weighted by molar-refractivity contribution is 0.309. The average molecular weight is 230 g/mol. The third-order valence-corrected chi connectivity index (χ3v) is 4.40. The van der Waals surface area contributed by atoms with Crippen molar-refractivity contribution in [2.24, 2.45) is 5.92 Å². The molecule has 17 heavy (non-hydrogen) atoms. The zero-order valence-electron chi connectivity index (χ0n) is 10.7. The van der Waals surface area contributed by atoms with E-state index in [4.69, 9.17) is 5.73 Å². The smallest absolute Gasteiger partial charge is 0.0350 e. The van der Waals surface area contributed by atoms with Gasteiger partial charge in [-0.05, 0) is 48.6 Å². The molecule has 0 radical (unpaired) electrons. The Kier molecular flexibility index (Phi) is 2.83. The van der Waals surface area contributed by atoms with E-state index in [0.717, 1.165) is 18.2 Å². The Morgan fingerprint density at radius 2 is 2.12 bits per heavy atom. The Morgan fingerprint density at radius 1 is 1.29 bits per heavy atom. The number of hydrogen-bond acceptors (Lipinski definition) is 2. The lowest BCUT2D eigenvalue weighted by atomic mass is 9.80. The van der Waals surface area contributed by atoms with Crippen LogP contribution in [-0.4, -0.2) is 18.5 Å². The van der Waals surface area contributed by atoms with Crippen LogP contribution in [0.2, 0.25) is 0 Å². The van der Waals surface area contributed by atoms with Crippen molar-refractivity contribution in [1.29, 1.82) is 0 Å². The number of nitrogens with zero attached hydrogens (tertiary/aromatic N) is 1. The minimum absolute atomic E-state index is 0.904. The molecule has 1 aromatic carbocycles. The fraction of sp³-hybridized carbons (Fsp3) is 0.600. The van der Waals surface area contributed by atoms with Crippen LogP contribution in [0.5, 0.6) is 0 Å². The summed E-state index contributed by atoms with van der Waals surface area (Å²) in [4.78, 5) is 2.37. The molecule has 0 unspecified atom stereocenters. The minimum Gasteiger partial charge on any atom is -0.398 e. The molecule has 1 aliphatic heterocycles. The fourth-order valence-corrected chi connectivity index (χ4v) is 3.01. The summed E-state index contributed by atoms with van der Waals surface area (Å²) < 4.78 is 0. The first kappa shape index (κ1) is 11.1. The van der Waals surface area contributed by atoms with Crippen molar-refractivity contribution in [2.45, 2.75) is 38.6 Å². The molecule has 2 nitrogen and oxygen atoms in total. The van der Waals surface area contributed by atoms with Gasteiger partial charge in [0.1, 0.15) is 0 Å². The second-order valence-corrected chi connectivity index (χ2v) is 5.81. The van der Waals surface area contributed by atoms with Crippen LogP contribution in [0.3, 0.4) is 0 Å². The van der Waals surface area contributed by atoms with E-state index < -0.39 is 0 Å². The highest BCUT2D eigenvalue weighted by atomic mass is 15.1. The molecular formula is C15H22N2. The first-order valence-corrected chi connectivity index (χ1v) is 6.81. The van der Waals surface area contributed by atoms with Crippen LogP contribution in [0.25, 0.3) is 0 Å². The van der Waals surface area contributed by atoms with Crippen LogP contribution in [0.4, 0.5) is 5.69 Å². The number of hydrogen-bond donors (Lipinski definition) is 1. The Labute approximate surface area is 104 Å². The maximum atomic E-state index is 6.20. The molecule has 1 fully saturated rings. The molecule has 0 atom stereocenters. The van der Waals surface area contributed by atoms with Crippen LogP contribution in [-0.2, 0) is 19.4 Å². The van der Waals surface area contributed by atoms with Gasteiger partial charge >= 0.3 is 0 Å². The predicted octanol–water partition coefficient (Wildman–Crippen LogP) is 2.60. The molecule has 92 valence electrons. The van der Waals surface area contributed by atoms with Gasteiger partial charge in [-0.3, -0.25) is 0 Å². The molecule has 0 amide bonds. The summed E-state index contributed by atoms with van der Waals surface area (Å²) in [6.45, 7) is 2.24. The molecular weight excluding hydrogens is 208 g/mol. The number of anilines is 1. The second-order valence-electron chi connectivity index (χ2n) is 5.81. The molecule has 0 bridgehead atoms. The van der Waals surface area contributed by atoms with E-state index in [1.165, 1.54) is 55.3 Å². The van der Waals surface area contributed by atoms with Crippen LogP contribution in [0.1, 0.15) is 36.0 Å². The van der Waals surface area contributed by atoms with E-state index in [1.807, 2.05) is 0 Å². The van der Waals surface area contributed by atoms with E-state index in [1.54, 1.807) is 0 Å². The van der Waals surface area contributed by atoms with Crippen molar-refractivity contribution in [1.82, 2.24) is 4.90 Å². The monoisotopic (exact) mass is 230 g/mol. The number of nitrogen functional groups attached to an aromatic ring is 1. The van der Waals surface area contributed by atoms with Crippen molar-refractivity contribution in [3.8, 4) is 0 Å². The van der Waals surface area contributed by atoms with Gasteiger partial charge in [-0.25, -0.2) is 0 Å². The Morgan fingerprint density at radius 3 is 2.82 bits per heavy atom. The van der Waals surface area contributed by atoms with Gasteiger partial charge in [-0.1, -0.05) is 25.3 Å². The summed E-state index contributed by atoms with van der Waals surface area (Å²) in [6.07, 6.45) is 6.61. The average Bonchev–Trinajstić information content (AvgIpc) is 2.23. The van der Waals surface area contributed by atoms with Crippen LogP contribution in [0.15, 0.2) is 12.1 Å². The van der Waals surface area contributed by atoms with Crippen LogP contribution in [0, 0.1) is 5.92 Å². The van der Waals surface area contributed by atoms with Crippen molar-refractivity contribution < 1.29 is 0 Å². The Balaban J connectivity index is 1.84. The molecule has 2 N–H and O–H groups in total. The molecule has 0 saturated heterocycles. The Bertz CT molecular complexity index is 421. The van der Waals surface area contributed by atoms with Gasteiger partial charge in [0.15, 0.2) is 0 Å². The highest BCUT2D eigenvalue weighted by molar-refractivity contribution is 5.53. The van der Waals surface area contributed by atoms with Crippen LogP contribution >= 0.6 is 0 Å². The number of benzene rings is 1. The van der Waals surface area contributed by atoms with E-state index in [9.17, 15) is 0 Å². The normalized spacial score (nSPS) is 21.0. The number of rotatable bonds is 2. The quantitative estimate of drug-likeness (QED) is 0.791.